The molecule has 0 saturated heterocycles. The number of ketones is 1. The first-order valence-corrected chi connectivity index (χ1v) is 7.58. The van der Waals surface area contributed by atoms with Crippen molar-refractivity contribution in [1.82, 2.24) is 0 Å². The van der Waals surface area contributed by atoms with E-state index in [1.54, 1.807) is 0 Å². The van der Waals surface area contributed by atoms with Crippen LogP contribution in [0.2, 0.25) is 0 Å². The standard InChI is InChI=1S/C15H17BrN2O/c16-11-2-4-12(5-3-11)17-18-13-10-15(7-1-8-15)9-6-14(13)19/h2-5,17H,1,6-10H2. The number of benzene rings is 1. The lowest BCUT2D eigenvalue weighted by atomic mass is 9.60. The summed E-state index contributed by atoms with van der Waals surface area (Å²) in [6.45, 7) is 0. The van der Waals surface area contributed by atoms with Crippen molar-refractivity contribution in [2.45, 2.75) is 38.5 Å². The fraction of sp³-hybridized carbons (Fsp3) is 0.467. The van der Waals surface area contributed by atoms with E-state index in [2.05, 4.69) is 26.5 Å². The van der Waals surface area contributed by atoms with Crippen LogP contribution in [0.3, 0.4) is 0 Å². The lowest BCUT2D eigenvalue weighted by Crippen LogP contribution is -2.39. The minimum Gasteiger partial charge on any atom is -0.293 e. The predicted molar refractivity (Wildman–Crippen MR) is 80.3 cm³/mol. The monoisotopic (exact) mass is 320 g/mol. The molecule has 2 fully saturated rings. The highest BCUT2D eigenvalue weighted by Gasteiger charge is 2.42. The number of carbonyl (C=O) groups excluding carboxylic acids is 1. The normalized spacial score (nSPS) is 23.4. The number of rotatable bonds is 2. The Kier molecular flexibility index (Phi) is 3.44. The van der Waals surface area contributed by atoms with Crippen LogP contribution in [0.25, 0.3) is 0 Å². The molecule has 19 heavy (non-hydrogen) atoms. The average Bonchev–Trinajstić information content (AvgIpc) is 2.38. The maximum Gasteiger partial charge on any atom is 0.178 e. The van der Waals surface area contributed by atoms with Crippen LogP contribution in [0.5, 0.6) is 0 Å². The highest BCUT2D eigenvalue weighted by atomic mass is 79.9. The topological polar surface area (TPSA) is 41.5 Å². The lowest BCUT2D eigenvalue weighted by Gasteiger charge is -2.44. The van der Waals surface area contributed by atoms with Gasteiger partial charge in [-0.2, -0.15) is 5.10 Å². The summed E-state index contributed by atoms with van der Waals surface area (Å²) in [5.41, 5.74) is 5.05. The van der Waals surface area contributed by atoms with E-state index in [9.17, 15) is 4.79 Å². The molecule has 1 aromatic carbocycles. The molecule has 4 heteroatoms. The van der Waals surface area contributed by atoms with Gasteiger partial charge in [-0.3, -0.25) is 10.2 Å². The zero-order valence-corrected chi connectivity index (χ0v) is 12.4. The number of carbonyl (C=O) groups is 1. The number of anilines is 1. The molecule has 0 atom stereocenters. The first kappa shape index (κ1) is 12.9. The Bertz CT molecular complexity index is 517. The summed E-state index contributed by atoms with van der Waals surface area (Å²) in [4.78, 5) is 11.9. The maximum absolute atomic E-state index is 11.9. The van der Waals surface area contributed by atoms with Crippen molar-refractivity contribution in [1.29, 1.82) is 0 Å². The molecular formula is C15H17BrN2O. The van der Waals surface area contributed by atoms with Gasteiger partial charge in [-0.1, -0.05) is 22.4 Å². The number of hydrogen-bond donors (Lipinski definition) is 1. The Hall–Kier alpha value is -1.16. The summed E-state index contributed by atoms with van der Waals surface area (Å²) < 4.78 is 1.04. The fourth-order valence-electron chi connectivity index (χ4n) is 2.93. The second-order valence-electron chi connectivity index (χ2n) is 5.63. The largest absolute Gasteiger partial charge is 0.293 e. The Morgan fingerprint density at radius 2 is 1.89 bits per heavy atom. The van der Waals surface area contributed by atoms with E-state index in [0.717, 1.165) is 28.7 Å². The van der Waals surface area contributed by atoms with Gasteiger partial charge in [-0.25, -0.2) is 0 Å². The molecule has 0 bridgehead atoms. The van der Waals surface area contributed by atoms with Gasteiger partial charge in [-0.05, 0) is 48.9 Å². The molecule has 0 heterocycles. The third kappa shape index (κ3) is 2.73. The highest BCUT2D eigenvalue weighted by molar-refractivity contribution is 9.10. The second kappa shape index (κ2) is 5.08. The SMILES string of the molecule is O=C1CCC2(CCC2)CC1=NNc1ccc(Br)cc1. The van der Waals surface area contributed by atoms with Gasteiger partial charge in [0.25, 0.3) is 0 Å². The van der Waals surface area contributed by atoms with Crippen LogP contribution in [0, 0.1) is 5.41 Å². The summed E-state index contributed by atoms with van der Waals surface area (Å²) in [6, 6.07) is 7.80. The molecule has 2 saturated carbocycles. The van der Waals surface area contributed by atoms with Gasteiger partial charge in [0.2, 0.25) is 0 Å². The van der Waals surface area contributed by atoms with Crippen molar-refractivity contribution in [2.75, 3.05) is 5.43 Å². The maximum atomic E-state index is 11.9. The Balaban J connectivity index is 1.70. The molecule has 1 N–H and O–H groups in total. The van der Waals surface area contributed by atoms with Crippen molar-refractivity contribution in [3.8, 4) is 0 Å². The van der Waals surface area contributed by atoms with Crippen LogP contribution in [0.1, 0.15) is 38.5 Å². The quantitative estimate of drug-likeness (QED) is 0.832. The summed E-state index contributed by atoms with van der Waals surface area (Å²) in [6.07, 6.45) is 6.41. The van der Waals surface area contributed by atoms with Gasteiger partial charge < -0.3 is 0 Å². The van der Waals surface area contributed by atoms with Crippen LogP contribution in [-0.4, -0.2) is 11.5 Å². The molecule has 1 spiro atoms. The number of hydrazone groups is 1. The van der Waals surface area contributed by atoms with Gasteiger partial charge in [-0.15, -0.1) is 0 Å². The Morgan fingerprint density at radius 1 is 1.16 bits per heavy atom. The van der Waals surface area contributed by atoms with Crippen LogP contribution >= 0.6 is 15.9 Å². The Labute approximate surface area is 121 Å². The Morgan fingerprint density at radius 3 is 2.53 bits per heavy atom. The number of hydrogen-bond acceptors (Lipinski definition) is 3. The van der Waals surface area contributed by atoms with E-state index in [-0.39, 0.29) is 5.78 Å². The van der Waals surface area contributed by atoms with Gasteiger partial charge >= 0.3 is 0 Å². The summed E-state index contributed by atoms with van der Waals surface area (Å²) in [5, 5.41) is 4.34. The summed E-state index contributed by atoms with van der Waals surface area (Å²) in [5.74, 6) is 0.210. The predicted octanol–water partition coefficient (Wildman–Crippen LogP) is 4.14. The number of halogens is 1. The molecule has 0 amide bonds. The molecule has 3 nitrogen and oxygen atoms in total. The van der Waals surface area contributed by atoms with Crippen LogP contribution in [-0.2, 0) is 4.79 Å². The first-order valence-electron chi connectivity index (χ1n) is 6.78. The van der Waals surface area contributed by atoms with Gasteiger partial charge in [0.1, 0.15) is 5.71 Å². The summed E-state index contributed by atoms with van der Waals surface area (Å²) >= 11 is 3.40. The van der Waals surface area contributed by atoms with E-state index >= 15 is 0 Å². The molecule has 2 aliphatic carbocycles. The lowest BCUT2D eigenvalue weighted by molar-refractivity contribution is -0.115. The van der Waals surface area contributed by atoms with E-state index in [1.807, 2.05) is 24.3 Å². The molecule has 100 valence electrons. The molecule has 0 radical (unpaired) electrons. The van der Waals surface area contributed by atoms with E-state index in [1.165, 1.54) is 19.3 Å². The molecule has 0 aliphatic heterocycles. The van der Waals surface area contributed by atoms with Crippen molar-refractivity contribution >= 4 is 33.1 Å². The molecule has 0 unspecified atom stereocenters. The van der Waals surface area contributed by atoms with Crippen LogP contribution in [0.15, 0.2) is 33.8 Å². The van der Waals surface area contributed by atoms with E-state index in [0.29, 0.717) is 11.8 Å². The first-order chi connectivity index (χ1) is 9.17. The number of Topliss-reactive ketones (excluding diaryl/α,β-unsaturated/α-hetero) is 1. The minimum absolute atomic E-state index is 0.210. The van der Waals surface area contributed by atoms with Crippen LogP contribution < -0.4 is 5.43 Å². The minimum atomic E-state index is 0.210. The fourth-order valence-corrected chi connectivity index (χ4v) is 3.19. The van der Waals surface area contributed by atoms with Gasteiger partial charge in [0, 0.05) is 17.3 Å². The molecular weight excluding hydrogens is 304 g/mol. The van der Waals surface area contributed by atoms with Crippen molar-refractivity contribution in [3.05, 3.63) is 28.7 Å². The zero-order valence-electron chi connectivity index (χ0n) is 10.8. The second-order valence-corrected chi connectivity index (χ2v) is 6.55. The van der Waals surface area contributed by atoms with E-state index in [4.69, 9.17) is 0 Å². The van der Waals surface area contributed by atoms with Crippen molar-refractivity contribution < 1.29 is 4.79 Å². The third-order valence-corrected chi connectivity index (χ3v) is 4.85. The van der Waals surface area contributed by atoms with Crippen LogP contribution in [0.4, 0.5) is 5.69 Å². The highest BCUT2D eigenvalue weighted by Crippen LogP contribution is 2.50. The van der Waals surface area contributed by atoms with Crippen molar-refractivity contribution in [3.63, 3.8) is 0 Å². The van der Waals surface area contributed by atoms with Crippen molar-refractivity contribution in [2.24, 2.45) is 10.5 Å². The van der Waals surface area contributed by atoms with Gasteiger partial charge in [0.15, 0.2) is 5.78 Å². The molecule has 2 aliphatic rings. The number of nitrogens with zero attached hydrogens (tertiary/aromatic N) is 1. The molecule has 3 rings (SSSR count). The van der Waals surface area contributed by atoms with Gasteiger partial charge in [0.05, 0.1) is 5.69 Å². The molecule has 0 aromatic heterocycles. The van der Waals surface area contributed by atoms with E-state index < -0.39 is 0 Å². The number of nitrogens with one attached hydrogen (secondary N) is 1. The molecule has 1 aromatic rings. The smallest absolute Gasteiger partial charge is 0.178 e. The average molecular weight is 321 g/mol. The third-order valence-electron chi connectivity index (χ3n) is 4.33. The zero-order chi connectivity index (χ0) is 13.3. The summed E-state index contributed by atoms with van der Waals surface area (Å²) in [7, 11) is 0.